The summed E-state index contributed by atoms with van der Waals surface area (Å²) in [6, 6.07) is 0. The van der Waals surface area contributed by atoms with Crippen molar-refractivity contribution in [3.05, 3.63) is 0 Å². The van der Waals surface area contributed by atoms with Gasteiger partial charge in [-0.3, -0.25) is 0 Å². The molecular weight excluding hydrogens is 126 g/mol. The van der Waals surface area contributed by atoms with Gasteiger partial charge in [0.1, 0.15) is 0 Å². The minimum Gasteiger partial charge on any atom is -0.377 e. The SMILES string of the molecule is CC.CCNC1(C)COC1. The van der Waals surface area contributed by atoms with Gasteiger partial charge < -0.3 is 10.1 Å². The summed E-state index contributed by atoms with van der Waals surface area (Å²) in [7, 11) is 0. The van der Waals surface area contributed by atoms with E-state index >= 15 is 0 Å². The number of likely N-dealkylation sites (N-methyl/N-ethyl adjacent to an activating group) is 1. The van der Waals surface area contributed by atoms with E-state index in [1.54, 1.807) is 0 Å². The van der Waals surface area contributed by atoms with Crippen LogP contribution in [0.3, 0.4) is 0 Å². The number of ether oxygens (including phenoxy) is 1. The van der Waals surface area contributed by atoms with Crippen LogP contribution in [-0.2, 0) is 4.74 Å². The van der Waals surface area contributed by atoms with Crippen LogP contribution < -0.4 is 5.32 Å². The van der Waals surface area contributed by atoms with Gasteiger partial charge in [-0.15, -0.1) is 0 Å². The van der Waals surface area contributed by atoms with E-state index in [0.717, 1.165) is 19.8 Å². The molecule has 0 radical (unpaired) electrons. The number of hydrogen-bond donors (Lipinski definition) is 1. The highest BCUT2D eigenvalue weighted by atomic mass is 16.5. The molecular formula is C8H19NO. The molecule has 0 amide bonds. The minimum atomic E-state index is 0.300. The van der Waals surface area contributed by atoms with Crippen LogP contribution in [0.4, 0.5) is 0 Å². The lowest BCUT2D eigenvalue weighted by Gasteiger charge is -2.38. The monoisotopic (exact) mass is 145 g/mol. The first-order valence-corrected chi connectivity index (χ1v) is 4.10. The molecule has 1 rings (SSSR count). The Hall–Kier alpha value is -0.0800. The Morgan fingerprint density at radius 2 is 1.90 bits per heavy atom. The summed E-state index contributed by atoms with van der Waals surface area (Å²) in [6.45, 7) is 11.1. The summed E-state index contributed by atoms with van der Waals surface area (Å²) in [4.78, 5) is 0. The van der Waals surface area contributed by atoms with Crippen LogP contribution in [-0.4, -0.2) is 25.3 Å². The van der Waals surface area contributed by atoms with Gasteiger partial charge in [0.15, 0.2) is 0 Å². The van der Waals surface area contributed by atoms with E-state index in [-0.39, 0.29) is 0 Å². The fourth-order valence-electron chi connectivity index (χ4n) is 0.937. The van der Waals surface area contributed by atoms with Gasteiger partial charge in [-0.25, -0.2) is 0 Å². The van der Waals surface area contributed by atoms with E-state index in [0.29, 0.717) is 5.54 Å². The highest BCUT2D eigenvalue weighted by Crippen LogP contribution is 2.14. The zero-order valence-electron chi connectivity index (χ0n) is 7.53. The maximum Gasteiger partial charge on any atom is 0.0669 e. The molecule has 0 aliphatic carbocycles. The second-order valence-electron chi connectivity index (χ2n) is 2.58. The quantitative estimate of drug-likeness (QED) is 0.634. The molecule has 0 aromatic heterocycles. The third kappa shape index (κ3) is 2.67. The Morgan fingerprint density at radius 3 is 2.00 bits per heavy atom. The summed E-state index contributed by atoms with van der Waals surface area (Å²) in [6.07, 6.45) is 0. The largest absolute Gasteiger partial charge is 0.377 e. The lowest BCUT2D eigenvalue weighted by molar-refractivity contribution is -0.0631. The molecule has 0 saturated carbocycles. The molecule has 1 heterocycles. The summed E-state index contributed by atoms with van der Waals surface area (Å²) in [5.74, 6) is 0. The lowest BCUT2D eigenvalue weighted by atomic mass is 10.0. The van der Waals surface area contributed by atoms with Gasteiger partial charge in [0.2, 0.25) is 0 Å². The second-order valence-corrected chi connectivity index (χ2v) is 2.58. The van der Waals surface area contributed by atoms with Gasteiger partial charge in [-0.05, 0) is 13.5 Å². The molecule has 0 spiro atoms. The molecule has 0 unspecified atom stereocenters. The van der Waals surface area contributed by atoms with E-state index in [1.165, 1.54) is 0 Å². The van der Waals surface area contributed by atoms with Crippen LogP contribution in [0.1, 0.15) is 27.7 Å². The average molecular weight is 145 g/mol. The maximum atomic E-state index is 5.03. The number of nitrogens with one attached hydrogen (secondary N) is 1. The van der Waals surface area contributed by atoms with Crippen LogP contribution in [0.15, 0.2) is 0 Å². The summed E-state index contributed by atoms with van der Waals surface area (Å²) < 4.78 is 5.03. The van der Waals surface area contributed by atoms with Crippen molar-refractivity contribution in [2.75, 3.05) is 19.8 Å². The standard InChI is InChI=1S/C6H13NO.C2H6/c1-3-7-6(2)4-8-5-6;1-2/h7H,3-5H2,1-2H3;1-2H3. The van der Waals surface area contributed by atoms with Gasteiger partial charge >= 0.3 is 0 Å². The van der Waals surface area contributed by atoms with Crippen molar-refractivity contribution >= 4 is 0 Å². The molecule has 0 aromatic carbocycles. The van der Waals surface area contributed by atoms with Crippen molar-refractivity contribution in [1.29, 1.82) is 0 Å². The Morgan fingerprint density at radius 1 is 1.40 bits per heavy atom. The fourth-order valence-corrected chi connectivity index (χ4v) is 0.937. The normalized spacial score (nSPS) is 20.4. The molecule has 1 aliphatic rings. The van der Waals surface area contributed by atoms with Crippen LogP contribution >= 0.6 is 0 Å². The molecule has 0 bridgehead atoms. The minimum absolute atomic E-state index is 0.300. The molecule has 62 valence electrons. The number of hydrogen-bond acceptors (Lipinski definition) is 2. The topological polar surface area (TPSA) is 21.3 Å². The number of rotatable bonds is 2. The maximum absolute atomic E-state index is 5.03. The summed E-state index contributed by atoms with van der Waals surface area (Å²) in [5, 5.41) is 3.33. The van der Waals surface area contributed by atoms with Gasteiger partial charge in [0.25, 0.3) is 0 Å². The first-order chi connectivity index (χ1) is 4.77. The van der Waals surface area contributed by atoms with Crippen molar-refractivity contribution in [2.45, 2.75) is 33.2 Å². The van der Waals surface area contributed by atoms with Crippen LogP contribution in [0, 0.1) is 0 Å². The Balaban J connectivity index is 0.000000371. The zero-order valence-corrected chi connectivity index (χ0v) is 7.53. The Bertz CT molecular complexity index is 79.3. The van der Waals surface area contributed by atoms with E-state index in [2.05, 4.69) is 19.2 Å². The Labute approximate surface area is 64.0 Å². The first kappa shape index (κ1) is 9.92. The smallest absolute Gasteiger partial charge is 0.0669 e. The van der Waals surface area contributed by atoms with E-state index < -0.39 is 0 Å². The van der Waals surface area contributed by atoms with Crippen molar-refractivity contribution in [3.8, 4) is 0 Å². The van der Waals surface area contributed by atoms with E-state index in [1.807, 2.05) is 13.8 Å². The van der Waals surface area contributed by atoms with E-state index in [9.17, 15) is 0 Å². The van der Waals surface area contributed by atoms with Crippen LogP contribution in [0.2, 0.25) is 0 Å². The molecule has 1 fully saturated rings. The molecule has 0 atom stereocenters. The van der Waals surface area contributed by atoms with Crippen molar-refractivity contribution in [3.63, 3.8) is 0 Å². The Kier molecular flexibility index (Phi) is 4.65. The second kappa shape index (κ2) is 4.69. The molecule has 1 N–H and O–H groups in total. The van der Waals surface area contributed by atoms with Crippen molar-refractivity contribution in [2.24, 2.45) is 0 Å². The predicted octanol–water partition coefficient (Wildman–Crippen LogP) is 1.41. The summed E-state index contributed by atoms with van der Waals surface area (Å²) in [5.41, 5.74) is 0.300. The van der Waals surface area contributed by atoms with Gasteiger partial charge in [0.05, 0.1) is 18.8 Å². The van der Waals surface area contributed by atoms with Crippen LogP contribution in [0.25, 0.3) is 0 Å². The van der Waals surface area contributed by atoms with Gasteiger partial charge in [-0.1, -0.05) is 20.8 Å². The van der Waals surface area contributed by atoms with Gasteiger partial charge in [-0.2, -0.15) is 0 Å². The average Bonchev–Trinajstić information content (AvgIpc) is 1.90. The van der Waals surface area contributed by atoms with Gasteiger partial charge in [0, 0.05) is 0 Å². The predicted molar refractivity (Wildman–Crippen MR) is 44.2 cm³/mol. The van der Waals surface area contributed by atoms with Crippen molar-refractivity contribution < 1.29 is 4.74 Å². The molecule has 1 aliphatic heterocycles. The highest BCUT2D eigenvalue weighted by Gasteiger charge is 2.31. The third-order valence-electron chi connectivity index (χ3n) is 1.44. The third-order valence-corrected chi connectivity index (χ3v) is 1.44. The molecule has 10 heavy (non-hydrogen) atoms. The van der Waals surface area contributed by atoms with E-state index in [4.69, 9.17) is 4.74 Å². The molecule has 0 aromatic rings. The molecule has 1 saturated heterocycles. The van der Waals surface area contributed by atoms with Crippen LogP contribution in [0.5, 0.6) is 0 Å². The molecule has 2 heteroatoms. The highest BCUT2D eigenvalue weighted by molar-refractivity contribution is 4.88. The molecule has 2 nitrogen and oxygen atoms in total. The zero-order chi connectivity index (χ0) is 8.04. The fraction of sp³-hybridized carbons (Fsp3) is 1.00. The summed E-state index contributed by atoms with van der Waals surface area (Å²) >= 11 is 0. The van der Waals surface area contributed by atoms with Crippen molar-refractivity contribution in [1.82, 2.24) is 5.32 Å². The lowest BCUT2D eigenvalue weighted by Crippen LogP contribution is -2.57. The first-order valence-electron chi connectivity index (χ1n) is 4.10.